The van der Waals surface area contributed by atoms with Crippen molar-refractivity contribution in [3.05, 3.63) is 47.9 Å². The predicted molar refractivity (Wildman–Crippen MR) is 116 cm³/mol. The van der Waals surface area contributed by atoms with E-state index in [1.165, 1.54) is 6.07 Å². The van der Waals surface area contributed by atoms with Crippen molar-refractivity contribution in [3.8, 4) is 5.75 Å². The zero-order valence-corrected chi connectivity index (χ0v) is 16.8. The average molecular weight is 425 g/mol. The number of aliphatic hydroxyl groups excluding tert-OH is 2. The van der Waals surface area contributed by atoms with Gasteiger partial charge in [-0.15, -0.1) is 0 Å². The Labute approximate surface area is 178 Å². The van der Waals surface area contributed by atoms with Crippen LogP contribution in [0.2, 0.25) is 0 Å². The van der Waals surface area contributed by atoms with Crippen molar-refractivity contribution < 1.29 is 19.3 Å². The van der Waals surface area contributed by atoms with Gasteiger partial charge in [-0.3, -0.25) is 0 Å². The summed E-state index contributed by atoms with van der Waals surface area (Å²) in [5.74, 6) is -0.179. The van der Waals surface area contributed by atoms with Crippen LogP contribution in [0, 0.1) is 11.2 Å². The van der Waals surface area contributed by atoms with E-state index in [-0.39, 0.29) is 29.6 Å². The molecule has 2 aromatic carbocycles. The number of nitrogens with zero attached hydrogens (tertiary/aromatic N) is 2. The normalized spacial score (nSPS) is 18.7. The molecule has 1 heterocycles. The molecule has 31 heavy (non-hydrogen) atoms. The Morgan fingerprint density at radius 1 is 1.23 bits per heavy atom. The quantitative estimate of drug-likeness (QED) is 0.302. The van der Waals surface area contributed by atoms with Gasteiger partial charge in [0.25, 0.3) is 0 Å². The molecule has 0 atom stereocenters. The minimum absolute atomic E-state index is 0.0264. The maximum atomic E-state index is 14.6. The van der Waals surface area contributed by atoms with Crippen molar-refractivity contribution in [2.45, 2.75) is 37.9 Å². The van der Waals surface area contributed by atoms with E-state index in [1.807, 2.05) is 0 Å². The van der Waals surface area contributed by atoms with Crippen LogP contribution in [0.15, 0.2) is 36.5 Å². The molecule has 0 bridgehead atoms. The second kappa shape index (κ2) is 8.83. The summed E-state index contributed by atoms with van der Waals surface area (Å²) in [6.45, 7) is -0.404. The number of aromatic nitrogens is 2. The number of nitrogen functional groups attached to an aromatic ring is 1. The van der Waals surface area contributed by atoms with E-state index in [4.69, 9.17) is 21.0 Å². The first kappa shape index (κ1) is 21.0. The number of anilines is 3. The van der Waals surface area contributed by atoms with Crippen LogP contribution in [0.1, 0.15) is 31.2 Å². The third-order valence-electron chi connectivity index (χ3n) is 5.38. The molecule has 1 aromatic heterocycles. The van der Waals surface area contributed by atoms with Crippen molar-refractivity contribution in [2.24, 2.45) is 0 Å². The molecule has 0 saturated heterocycles. The molecule has 0 amide bonds. The molecule has 1 aliphatic carbocycles. The number of aliphatic hydroxyl groups is 2. The van der Waals surface area contributed by atoms with Gasteiger partial charge in [0.1, 0.15) is 5.52 Å². The molecule has 1 fully saturated rings. The summed E-state index contributed by atoms with van der Waals surface area (Å²) in [6.07, 6.45) is 3.65. The van der Waals surface area contributed by atoms with E-state index < -0.39 is 12.4 Å². The van der Waals surface area contributed by atoms with Gasteiger partial charge < -0.3 is 31.4 Å². The maximum absolute atomic E-state index is 14.6. The van der Waals surface area contributed by atoms with Crippen LogP contribution in [0.25, 0.3) is 10.9 Å². The second-order valence-electron chi connectivity index (χ2n) is 7.62. The molecule has 1 aliphatic rings. The first-order chi connectivity index (χ1) is 14.9. The van der Waals surface area contributed by atoms with Gasteiger partial charge in [-0.25, -0.2) is 14.4 Å². The molecule has 6 N–H and O–H groups in total. The summed E-state index contributed by atoms with van der Waals surface area (Å²) in [5.41, 5.74) is 7.73. The highest BCUT2D eigenvalue weighted by Crippen LogP contribution is 2.32. The average Bonchev–Trinajstić information content (AvgIpc) is 2.77. The number of benzene rings is 2. The number of ether oxygens (including phenoxy) is 1. The number of halogens is 1. The molecule has 0 spiro atoms. The van der Waals surface area contributed by atoms with Gasteiger partial charge >= 0.3 is 0 Å². The summed E-state index contributed by atoms with van der Waals surface area (Å²) >= 11 is 0. The fourth-order valence-corrected chi connectivity index (χ4v) is 3.68. The Hall–Kier alpha value is -3.30. The van der Waals surface area contributed by atoms with Gasteiger partial charge in [0, 0.05) is 28.5 Å². The first-order valence-electron chi connectivity index (χ1n) is 10.1. The summed E-state index contributed by atoms with van der Waals surface area (Å²) in [6, 6.07) is 7.87. The molecule has 162 valence electrons. The fourth-order valence-electron chi connectivity index (χ4n) is 3.68. The Balaban J connectivity index is 1.61. The van der Waals surface area contributed by atoms with Crippen molar-refractivity contribution in [2.75, 3.05) is 17.7 Å². The van der Waals surface area contributed by atoms with Crippen LogP contribution in [-0.2, 0) is 0 Å². The molecule has 9 heteroatoms. The Kier molecular flexibility index (Phi) is 5.97. The number of hydrogen-bond acceptors (Lipinski definition) is 8. The Morgan fingerprint density at radius 2 is 2.00 bits per heavy atom. The summed E-state index contributed by atoms with van der Waals surface area (Å²) < 4.78 is 20.6. The standard InChI is InChI=1S/C22H24FN5O3/c23-17-8-1-12-10-26-22(27-13-2-7-16(18(24)9-13)19(25)11-29)28-20(12)21(17)31-15-5-3-14(30)4-6-15/h1-2,7-10,14-15,25,29-30H,3-6,11,24H2,(H,26,27,28)/t14-,15+. The highest BCUT2D eigenvalue weighted by Gasteiger charge is 2.23. The molecule has 3 aromatic rings. The molecule has 0 aliphatic heterocycles. The highest BCUT2D eigenvalue weighted by molar-refractivity contribution is 6.03. The Morgan fingerprint density at radius 3 is 2.71 bits per heavy atom. The van der Waals surface area contributed by atoms with E-state index in [9.17, 15) is 9.50 Å². The van der Waals surface area contributed by atoms with Gasteiger partial charge in [-0.2, -0.15) is 0 Å². The minimum Gasteiger partial charge on any atom is -0.485 e. The highest BCUT2D eigenvalue weighted by atomic mass is 19.1. The third kappa shape index (κ3) is 4.57. The summed E-state index contributed by atoms with van der Waals surface area (Å²) in [4.78, 5) is 8.73. The largest absolute Gasteiger partial charge is 0.485 e. The lowest BCUT2D eigenvalue weighted by Gasteiger charge is -2.26. The molecule has 4 rings (SSSR count). The van der Waals surface area contributed by atoms with Crippen molar-refractivity contribution in [1.82, 2.24) is 9.97 Å². The molecule has 0 radical (unpaired) electrons. The van der Waals surface area contributed by atoms with Crippen LogP contribution in [0.4, 0.5) is 21.7 Å². The van der Waals surface area contributed by atoms with Gasteiger partial charge in [0.15, 0.2) is 11.6 Å². The third-order valence-corrected chi connectivity index (χ3v) is 5.38. The maximum Gasteiger partial charge on any atom is 0.227 e. The molecule has 1 saturated carbocycles. The lowest BCUT2D eigenvalue weighted by atomic mass is 9.95. The number of nitrogens with one attached hydrogen (secondary N) is 2. The van der Waals surface area contributed by atoms with E-state index in [1.54, 1.807) is 30.5 Å². The zero-order chi connectivity index (χ0) is 22.0. The zero-order valence-electron chi connectivity index (χ0n) is 16.8. The van der Waals surface area contributed by atoms with Crippen LogP contribution in [-0.4, -0.2) is 44.7 Å². The summed E-state index contributed by atoms with van der Waals surface area (Å²) in [5, 5.41) is 30.2. The number of rotatable bonds is 6. The van der Waals surface area contributed by atoms with Crippen LogP contribution >= 0.6 is 0 Å². The summed E-state index contributed by atoms with van der Waals surface area (Å²) in [7, 11) is 0. The molecular formula is C22H24FN5O3. The van der Waals surface area contributed by atoms with Crippen LogP contribution in [0.5, 0.6) is 5.75 Å². The molecule has 8 nitrogen and oxygen atoms in total. The van der Waals surface area contributed by atoms with Crippen molar-refractivity contribution in [3.63, 3.8) is 0 Å². The van der Waals surface area contributed by atoms with E-state index >= 15 is 0 Å². The second-order valence-corrected chi connectivity index (χ2v) is 7.62. The molecular weight excluding hydrogens is 401 g/mol. The van der Waals surface area contributed by atoms with Gasteiger partial charge in [-0.1, -0.05) is 0 Å². The van der Waals surface area contributed by atoms with E-state index in [2.05, 4.69) is 15.3 Å². The lowest BCUT2D eigenvalue weighted by Crippen LogP contribution is -2.26. The topological polar surface area (TPSA) is 137 Å². The lowest BCUT2D eigenvalue weighted by molar-refractivity contribution is 0.0654. The van der Waals surface area contributed by atoms with E-state index in [0.29, 0.717) is 53.5 Å². The first-order valence-corrected chi connectivity index (χ1v) is 10.1. The minimum atomic E-state index is -0.501. The SMILES string of the molecule is N=C(CO)c1ccc(Nc2ncc3ccc(F)c(O[C@H]4CC[C@@H](O)CC4)c3n2)cc1N. The van der Waals surface area contributed by atoms with E-state index in [0.717, 1.165) is 0 Å². The smallest absolute Gasteiger partial charge is 0.227 e. The van der Waals surface area contributed by atoms with Gasteiger partial charge in [-0.05, 0) is 56.0 Å². The number of hydrogen-bond donors (Lipinski definition) is 5. The Bertz CT molecular complexity index is 1120. The van der Waals surface area contributed by atoms with Crippen LogP contribution in [0.3, 0.4) is 0 Å². The van der Waals surface area contributed by atoms with Gasteiger partial charge in [0.2, 0.25) is 5.95 Å². The van der Waals surface area contributed by atoms with Crippen molar-refractivity contribution >= 4 is 33.9 Å². The monoisotopic (exact) mass is 425 g/mol. The predicted octanol–water partition coefficient (Wildman–Crippen LogP) is 3.14. The van der Waals surface area contributed by atoms with Gasteiger partial charge in [0.05, 0.1) is 24.5 Å². The number of fused-ring (bicyclic) bond motifs is 1. The fraction of sp³-hybridized carbons (Fsp3) is 0.318. The van der Waals surface area contributed by atoms with Crippen LogP contribution < -0.4 is 15.8 Å². The number of nitrogens with two attached hydrogens (primary N) is 1. The van der Waals surface area contributed by atoms with Crippen molar-refractivity contribution in [1.29, 1.82) is 5.41 Å². The molecule has 0 unspecified atom stereocenters.